The van der Waals surface area contributed by atoms with Crippen LogP contribution >= 0.6 is 0 Å². The zero-order valence-corrected chi connectivity index (χ0v) is 12.9. The molecule has 0 spiro atoms. The van der Waals surface area contributed by atoms with E-state index in [1.54, 1.807) is 42.6 Å². The van der Waals surface area contributed by atoms with Gasteiger partial charge < -0.3 is 10.8 Å². The number of nitrogens with two attached hydrogens (primary N) is 1. The van der Waals surface area contributed by atoms with Crippen molar-refractivity contribution in [2.24, 2.45) is 15.2 Å². The van der Waals surface area contributed by atoms with Gasteiger partial charge in [0.25, 0.3) is 0 Å². The number of azo groups is 1. The van der Waals surface area contributed by atoms with Gasteiger partial charge in [-0.15, -0.1) is 5.11 Å². The van der Waals surface area contributed by atoms with Crippen molar-refractivity contribution in [3.63, 3.8) is 0 Å². The third-order valence-electron chi connectivity index (χ3n) is 3.31. The first-order valence-electron chi connectivity index (χ1n) is 7.41. The molecule has 0 aliphatic carbocycles. The van der Waals surface area contributed by atoms with Crippen LogP contribution in [0.1, 0.15) is 5.56 Å². The number of anilines is 1. The third kappa shape index (κ3) is 3.84. The second kappa shape index (κ2) is 7.19. The number of phenols is 1. The van der Waals surface area contributed by atoms with Crippen LogP contribution in [0, 0.1) is 0 Å². The van der Waals surface area contributed by atoms with Gasteiger partial charge in [-0.1, -0.05) is 30.3 Å². The van der Waals surface area contributed by atoms with Crippen LogP contribution < -0.4 is 5.73 Å². The Bertz CT molecular complexity index is 889. The van der Waals surface area contributed by atoms with Crippen molar-refractivity contribution in [2.75, 3.05) is 5.73 Å². The van der Waals surface area contributed by atoms with Gasteiger partial charge in [-0.05, 0) is 42.5 Å². The Morgan fingerprint density at radius 2 is 1.54 bits per heavy atom. The summed E-state index contributed by atoms with van der Waals surface area (Å²) in [5, 5.41) is 18.3. The fourth-order valence-electron chi connectivity index (χ4n) is 2.07. The Morgan fingerprint density at radius 3 is 2.33 bits per heavy atom. The number of nitrogens with zero attached hydrogens (tertiary/aromatic N) is 3. The highest BCUT2D eigenvalue weighted by Crippen LogP contribution is 2.31. The first kappa shape index (κ1) is 15.4. The third-order valence-corrected chi connectivity index (χ3v) is 3.31. The van der Waals surface area contributed by atoms with Crippen LogP contribution in [0.25, 0.3) is 0 Å². The first-order chi connectivity index (χ1) is 11.7. The highest BCUT2D eigenvalue weighted by molar-refractivity contribution is 5.87. The van der Waals surface area contributed by atoms with E-state index < -0.39 is 0 Å². The molecular formula is C19H16N4O. The Balaban J connectivity index is 1.91. The van der Waals surface area contributed by atoms with Crippen molar-refractivity contribution >= 4 is 29.0 Å². The van der Waals surface area contributed by atoms with E-state index in [2.05, 4.69) is 15.2 Å². The number of hydrogen-bond donors (Lipinski definition) is 2. The maximum Gasteiger partial charge on any atom is 0.124 e. The lowest BCUT2D eigenvalue weighted by molar-refractivity contribution is 0.474. The molecule has 5 heteroatoms. The molecule has 0 heterocycles. The lowest BCUT2D eigenvalue weighted by Gasteiger charge is -2.02. The smallest absolute Gasteiger partial charge is 0.124 e. The lowest BCUT2D eigenvalue weighted by atomic mass is 10.2. The minimum Gasteiger partial charge on any atom is -0.507 e. The van der Waals surface area contributed by atoms with E-state index in [0.29, 0.717) is 22.6 Å². The first-order valence-corrected chi connectivity index (χ1v) is 7.41. The van der Waals surface area contributed by atoms with Crippen molar-refractivity contribution in [1.29, 1.82) is 0 Å². The minimum atomic E-state index is 0.164. The molecule has 0 amide bonds. The molecule has 0 unspecified atom stereocenters. The molecule has 3 aromatic rings. The van der Waals surface area contributed by atoms with Crippen molar-refractivity contribution in [3.8, 4) is 5.75 Å². The van der Waals surface area contributed by atoms with Crippen LogP contribution in [0.2, 0.25) is 0 Å². The molecule has 0 aromatic heterocycles. The molecule has 0 saturated carbocycles. The molecule has 24 heavy (non-hydrogen) atoms. The predicted octanol–water partition coefficient (Wildman–Crippen LogP) is 5.14. The number of hydrogen-bond acceptors (Lipinski definition) is 5. The molecule has 0 radical (unpaired) electrons. The second-order valence-electron chi connectivity index (χ2n) is 5.10. The fraction of sp³-hybridized carbons (Fsp3) is 0. The van der Waals surface area contributed by atoms with Gasteiger partial charge in [0, 0.05) is 17.5 Å². The highest BCUT2D eigenvalue weighted by Gasteiger charge is 2.02. The number of para-hydroxylation sites is 1. The topological polar surface area (TPSA) is 83.3 Å². The van der Waals surface area contributed by atoms with Crippen molar-refractivity contribution in [1.82, 2.24) is 0 Å². The second-order valence-corrected chi connectivity index (χ2v) is 5.10. The number of phenolic OH excluding ortho intramolecular Hbond substituents is 1. The maximum atomic E-state index is 9.81. The molecule has 0 aliphatic rings. The summed E-state index contributed by atoms with van der Waals surface area (Å²) in [5.41, 5.74) is 8.97. The van der Waals surface area contributed by atoms with E-state index in [9.17, 15) is 5.11 Å². The summed E-state index contributed by atoms with van der Waals surface area (Å²) in [6.45, 7) is 0. The van der Waals surface area contributed by atoms with Crippen LogP contribution in [-0.2, 0) is 0 Å². The van der Waals surface area contributed by atoms with Crippen LogP contribution in [0.15, 0.2) is 88.0 Å². The Morgan fingerprint density at radius 1 is 0.792 bits per heavy atom. The van der Waals surface area contributed by atoms with Gasteiger partial charge >= 0.3 is 0 Å². The molecule has 3 N–H and O–H groups in total. The zero-order valence-electron chi connectivity index (χ0n) is 12.9. The SMILES string of the molecule is Nc1ccc(N=Nc2ccccc2)c(N=Cc2ccccc2O)c1. The molecule has 3 rings (SSSR count). The summed E-state index contributed by atoms with van der Waals surface area (Å²) >= 11 is 0. The normalized spacial score (nSPS) is 11.3. The van der Waals surface area contributed by atoms with Gasteiger partial charge in [0.1, 0.15) is 11.4 Å². The number of aromatic hydroxyl groups is 1. The summed E-state index contributed by atoms with van der Waals surface area (Å²) in [4.78, 5) is 4.39. The summed E-state index contributed by atoms with van der Waals surface area (Å²) in [7, 11) is 0. The zero-order chi connectivity index (χ0) is 16.8. The van der Waals surface area contributed by atoms with Crippen LogP contribution in [-0.4, -0.2) is 11.3 Å². The monoisotopic (exact) mass is 316 g/mol. The summed E-state index contributed by atoms with van der Waals surface area (Å²) in [6.07, 6.45) is 1.58. The average Bonchev–Trinajstić information content (AvgIpc) is 2.61. The van der Waals surface area contributed by atoms with Crippen molar-refractivity contribution in [3.05, 3.63) is 78.4 Å². The molecule has 0 fully saturated rings. The van der Waals surface area contributed by atoms with E-state index in [0.717, 1.165) is 5.69 Å². The molecule has 0 bridgehead atoms. The van der Waals surface area contributed by atoms with Gasteiger partial charge in [-0.3, -0.25) is 4.99 Å². The Labute approximate surface area is 139 Å². The molecule has 0 atom stereocenters. The van der Waals surface area contributed by atoms with Gasteiger partial charge in [-0.25, -0.2) is 0 Å². The maximum absolute atomic E-state index is 9.81. The molecule has 118 valence electrons. The quantitative estimate of drug-likeness (QED) is 0.397. The van der Waals surface area contributed by atoms with E-state index in [4.69, 9.17) is 5.73 Å². The standard InChI is InChI=1S/C19H16N4O/c20-15-10-11-17(23-22-16-7-2-1-3-8-16)18(12-15)21-13-14-6-4-5-9-19(14)24/h1-13,24H,20H2. The minimum absolute atomic E-state index is 0.164. The van der Waals surface area contributed by atoms with E-state index >= 15 is 0 Å². The Kier molecular flexibility index (Phi) is 4.62. The predicted molar refractivity (Wildman–Crippen MR) is 96.8 cm³/mol. The lowest BCUT2D eigenvalue weighted by Crippen LogP contribution is -1.84. The summed E-state index contributed by atoms with van der Waals surface area (Å²) in [5.74, 6) is 0.164. The van der Waals surface area contributed by atoms with E-state index in [1.807, 2.05) is 36.4 Å². The molecular weight excluding hydrogens is 300 g/mol. The van der Waals surface area contributed by atoms with Crippen molar-refractivity contribution < 1.29 is 5.11 Å². The fourth-order valence-corrected chi connectivity index (χ4v) is 2.07. The van der Waals surface area contributed by atoms with Gasteiger partial charge in [0.05, 0.1) is 11.4 Å². The molecule has 0 saturated heterocycles. The Hall–Kier alpha value is -3.47. The number of rotatable bonds is 4. The van der Waals surface area contributed by atoms with E-state index in [1.165, 1.54) is 0 Å². The van der Waals surface area contributed by atoms with E-state index in [-0.39, 0.29) is 5.75 Å². The average molecular weight is 316 g/mol. The van der Waals surface area contributed by atoms with Gasteiger partial charge in [0.2, 0.25) is 0 Å². The summed E-state index contributed by atoms with van der Waals surface area (Å²) in [6, 6.07) is 21.6. The van der Waals surface area contributed by atoms with Crippen LogP contribution in [0.5, 0.6) is 5.75 Å². The highest BCUT2D eigenvalue weighted by atomic mass is 16.3. The molecule has 3 aromatic carbocycles. The van der Waals surface area contributed by atoms with Crippen molar-refractivity contribution in [2.45, 2.75) is 0 Å². The van der Waals surface area contributed by atoms with Gasteiger partial charge in [-0.2, -0.15) is 5.11 Å². The number of aliphatic imine (C=N–C) groups is 1. The number of nitrogen functional groups attached to an aromatic ring is 1. The van der Waals surface area contributed by atoms with Gasteiger partial charge in [0.15, 0.2) is 0 Å². The largest absolute Gasteiger partial charge is 0.507 e. The van der Waals surface area contributed by atoms with Crippen LogP contribution in [0.4, 0.5) is 22.7 Å². The molecule has 0 aliphatic heterocycles. The van der Waals surface area contributed by atoms with Crippen LogP contribution in [0.3, 0.4) is 0 Å². The number of benzene rings is 3. The summed E-state index contributed by atoms with van der Waals surface area (Å²) < 4.78 is 0. The molecule has 5 nitrogen and oxygen atoms in total.